The first kappa shape index (κ1) is 17.1. The second-order valence-electron chi connectivity index (χ2n) is 6.82. The topological polar surface area (TPSA) is 37.6 Å². The summed E-state index contributed by atoms with van der Waals surface area (Å²) in [6.07, 6.45) is 2.44. The van der Waals surface area contributed by atoms with Gasteiger partial charge in [0.2, 0.25) is 0 Å². The number of piperidine rings is 1. The van der Waals surface area contributed by atoms with Gasteiger partial charge >= 0.3 is 0 Å². The summed E-state index contributed by atoms with van der Waals surface area (Å²) in [5.41, 5.74) is 3.91. The van der Waals surface area contributed by atoms with E-state index in [1.807, 2.05) is 6.07 Å². The first-order chi connectivity index (χ1) is 11.6. The molecule has 130 valence electrons. The minimum atomic E-state index is 0.495. The molecule has 0 aliphatic carbocycles. The largest absolute Gasteiger partial charge is 0.462 e. The van der Waals surface area contributed by atoms with Crippen LogP contribution in [0.5, 0.6) is 0 Å². The van der Waals surface area contributed by atoms with Gasteiger partial charge in [-0.3, -0.25) is 4.90 Å². The van der Waals surface area contributed by atoms with E-state index in [2.05, 4.69) is 48.3 Å². The Bertz CT molecular complexity index is 665. The molecule has 1 N–H and O–H groups in total. The molecular formula is C20H28N2O2. The van der Waals surface area contributed by atoms with Crippen molar-refractivity contribution in [3.8, 4) is 0 Å². The van der Waals surface area contributed by atoms with Crippen LogP contribution in [0.1, 0.15) is 35.5 Å². The highest BCUT2D eigenvalue weighted by molar-refractivity contribution is 5.48. The average molecular weight is 328 g/mol. The van der Waals surface area contributed by atoms with Crippen molar-refractivity contribution in [1.82, 2.24) is 4.90 Å². The van der Waals surface area contributed by atoms with Gasteiger partial charge in [-0.1, -0.05) is 6.07 Å². The van der Waals surface area contributed by atoms with Crippen LogP contribution < -0.4 is 5.32 Å². The molecular weight excluding hydrogens is 300 g/mol. The summed E-state index contributed by atoms with van der Waals surface area (Å²) in [4.78, 5) is 2.47. The van der Waals surface area contributed by atoms with Crippen molar-refractivity contribution >= 4 is 5.69 Å². The molecule has 4 heteroatoms. The van der Waals surface area contributed by atoms with E-state index in [1.165, 1.54) is 29.7 Å². The Morgan fingerprint density at radius 3 is 2.79 bits per heavy atom. The van der Waals surface area contributed by atoms with Crippen molar-refractivity contribution in [2.75, 3.05) is 25.5 Å². The van der Waals surface area contributed by atoms with Crippen molar-refractivity contribution < 1.29 is 9.15 Å². The van der Waals surface area contributed by atoms with Crippen molar-refractivity contribution in [3.05, 3.63) is 53.0 Å². The lowest BCUT2D eigenvalue weighted by molar-refractivity contribution is 0.155. The van der Waals surface area contributed by atoms with Gasteiger partial charge in [0.25, 0.3) is 0 Å². The molecule has 0 saturated carbocycles. The van der Waals surface area contributed by atoms with E-state index in [0.717, 1.165) is 31.2 Å². The number of hydrogen-bond donors (Lipinski definition) is 1. The summed E-state index contributed by atoms with van der Waals surface area (Å²) in [6, 6.07) is 11.2. The lowest BCUT2D eigenvalue weighted by Gasteiger charge is -2.33. The summed E-state index contributed by atoms with van der Waals surface area (Å²) >= 11 is 0. The predicted octanol–water partition coefficient (Wildman–Crippen LogP) is 4.12. The Hall–Kier alpha value is -1.78. The number of benzene rings is 1. The van der Waals surface area contributed by atoms with Crippen molar-refractivity contribution in [2.24, 2.45) is 0 Å². The third-order valence-corrected chi connectivity index (χ3v) is 4.77. The van der Waals surface area contributed by atoms with E-state index < -0.39 is 0 Å². The fourth-order valence-corrected chi connectivity index (χ4v) is 3.33. The van der Waals surface area contributed by atoms with Crippen molar-refractivity contribution in [2.45, 2.75) is 45.9 Å². The fourth-order valence-electron chi connectivity index (χ4n) is 3.33. The van der Waals surface area contributed by atoms with Crippen LogP contribution in [0, 0.1) is 13.8 Å². The summed E-state index contributed by atoms with van der Waals surface area (Å²) < 4.78 is 10.9. The Balaban J connectivity index is 1.56. The number of rotatable bonds is 6. The van der Waals surface area contributed by atoms with E-state index in [0.29, 0.717) is 12.6 Å². The summed E-state index contributed by atoms with van der Waals surface area (Å²) in [6.45, 7) is 7.91. The standard InChI is InChI=1S/C20H28N2O2/c1-15-6-7-17(11-16(15)2)21-18-5-4-10-22(12-18)13-19-8-9-20(24-19)14-23-3/h6-9,11,18,21H,4-5,10,12-14H2,1-3H3. The zero-order valence-electron chi connectivity index (χ0n) is 15.0. The fraction of sp³-hybridized carbons (Fsp3) is 0.500. The van der Waals surface area contributed by atoms with Gasteiger partial charge < -0.3 is 14.5 Å². The van der Waals surface area contributed by atoms with Gasteiger partial charge in [0.15, 0.2) is 0 Å². The monoisotopic (exact) mass is 328 g/mol. The zero-order chi connectivity index (χ0) is 16.9. The molecule has 0 bridgehead atoms. The predicted molar refractivity (Wildman–Crippen MR) is 97.3 cm³/mol. The summed E-state index contributed by atoms with van der Waals surface area (Å²) in [7, 11) is 1.69. The van der Waals surface area contributed by atoms with Crippen LogP contribution in [0.15, 0.2) is 34.7 Å². The second-order valence-corrected chi connectivity index (χ2v) is 6.82. The molecule has 1 aliphatic heterocycles. The quantitative estimate of drug-likeness (QED) is 0.865. The number of likely N-dealkylation sites (tertiary alicyclic amines) is 1. The smallest absolute Gasteiger partial charge is 0.129 e. The maximum absolute atomic E-state index is 5.82. The number of methoxy groups -OCH3 is 1. The third-order valence-electron chi connectivity index (χ3n) is 4.77. The van der Waals surface area contributed by atoms with Crippen LogP contribution in [0.3, 0.4) is 0 Å². The highest BCUT2D eigenvalue weighted by Gasteiger charge is 2.20. The molecule has 1 unspecified atom stereocenters. The number of hydrogen-bond acceptors (Lipinski definition) is 4. The van der Waals surface area contributed by atoms with E-state index in [-0.39, 0.29) is 0 Å². The van der Waals surface area contributed by atoms with E-state index in [1.54, 1.807) is 7.11 Å². The molecule has 1 aromatic carbocycles. The van der Waals surface area contributed by atoms with Gasteiger partial charge in [0.1, 0.15) is 18.1 Å². The molecule has 0 radical (unpaired) electrons. The molecule has 0 amide bonds. The average Bonchev–Trinajstić information content (AvgIpc) is 2.99. The zero-order valence-corrected chi connectivity index (χ0v) is 15.0. The van der Waals surface area contributed by atoms with Crippen molar-refractivity contribution in [1.29, 1.82) is 0 Å². The first-order valence-corrected chi connectivity index (χ1v) is 8.76. The van der Waals surface area contributed by atoms with Crippen LogP contribution in [0.2, 0.25) is 0 Å². The number of ether oxygens (including phenoxy) is 1. The lowest BCUT2D eigenvalue weighted by atomic mass is 10.0. The normalized spacial score (nSPS) is 18.7. The van der Waals surface area contributed by atoms with Gasteiger partial charge in [0.05, 0.1) is 6.54 Å². The third kappa shape index (κ3) is 4.40. The molecule has 1 aliphatic rings. The molecule has 1 saturated heterocycles. The molecule has 1 atom stereocenters. The number of nitrogens with zero attached hydrogens (tertiary/aromatic N) is 1. The maximum Gasteiger partial charge on any atom is 0.129 e. The van der Waals surface area contributed by atoms with Crippen LogP contribution in [-0.2, 0) is 17.9 Å². The Labute approximate surface area is 144 Å². The van der Waals surface area contributed by atoms with E-state index in [4.69, 9.17) is 9.15 Å². The first-order valence-electron chi connectivity index (χ1n) is 8.76. The Morgan fingerprint density at radius 2 is 2.00 bits per heavy atom. The highest BCUT2D eigenvalue weighted by atomic mass is 16.5. The van der Waals surface area contributed by atoms with Gasteiger partial charge in [-0.25, -0.2) is 0 Å². The van der Waals surface area contributed by atoms with E-state index >= 15 is 0 Å². The molecule has 24 heavy (non-hydrogen) atoms. The summed E-state index contributed by atoms with van der Waals surface area (Å²) in [5, 5.41) is 3.70. The Morgan fingerprint density at radius 1 is 1.17 bits per heavy atom. The molecule has 3 rings (SSSR count). The summed E-state index contributed by atoms with van der Waals surface area (Å²) in [5.74, 6) is 1.92. The number of furan rings is 1. The van der Waals surface area contributed by atoms with Gasteiger partial charge in [0, 0.05) is 25.4 Å². The Kier molecular flexibility index (Phi) is 5.59. The molecule has 1 aromatic heterocycles. The van der Waals surface area contributed by atoms with Gasteiger partial charge in [-0.15, -0.1) is 0 Å². The number of nitrogens with one attached hydrogen (secondary N) is 1. The maximum atomic E-state index is 5.82. The lowest BCUT2D eigenvalue weighted by Crippen LogP contribution is -2.41. The van der Waals surface area contributed by atoms with Crippen LogP contribution >= 0.6 is 0 Å². The molecule has 0 spiro atoms. The molecule has 1 fully saturated rings. The van der Waals surface area contributed by atoms with E-state index in [9.17, 15) is 0 Å². The molecule has 4 nitrogen and oxygen atoms in total. The molecule has 2 aromatic rings. The second kappa shape index (κ2) is 7.86. The van der Waals surface area contributed by atoms with Crippen LogP contribution in [0.4, 0.5) is 5.69 Å². The number of anilines is 1. The van der Waals surface area contributed by atoms with Gasteiger partial charge in [-0.2, -0.15) is 0 Å². The highest BCUT2D eigenvalue weighted by Crippen LogP contribution is 2.20. The SMILES string of the molecule is COCc1ccc(CN2CCCC(Nc3ccc(C)c(C)c3)C2)o1. The van der Waals surface area contributed by atoms with Gasteiger partial charge in [-0.05, 0) is 68.6 Å². The molecule has 2 heterocycles. The van der Waals surface area contributed by atoms with Crippen LogP contribution in [-0.4, -0.2) is 31.1 Å². The van der Waals surface area contributed by atoms with Crippen LogP contribution in [0.25, 0.3) is 0 Å². The van der Waals surface area contributed by atoms with Crippen molar-refractivity contribution in [3.63, 3.8) is 0 Å². The minimum absolute atomic E-state index is 0.495. The minimum Gasteiger partial charge on any atom is -0.462 e. The number of aryl methyl sites for hydroxylation is 2.